The van der Waals surface area contributed by atoms with Gasteiger partial charge in [-0.15, -0.1) is 0 Å². The van der Waals surface area contributed by atoms with Crippen molar-refractivity contribution in [3.63, 3.8) is 0 Å². The molecule has 0 fully saturated rings. The Morgan fingerprint density at radius 2 is 1.85 bits per heavy atom. The third-order valence-electron chi connectivity index (χ3n) is 4.33. The lowest BCUT2D eigenvalue weighted by molar-refractivity contribution is -0.123. The second-order valence-corrected chi connectivity index (χ2v) is 6.23. The monoisotopic (exact) mass is 359 g/mol. The predicted octanol–water partition coefficient (Wildman–Crippen LogP) is 1.65. The summed E-state index contributed by atoms with van der Waals surface area (Å²) >= 11 is 0. The quantitative estimate of drug-likeness (QED) is 0.492. The first-order valence-electron chi connectivity index (χ1n) is 8.61. The van der Waals surface area contributed by atoms with E-state index in [1.165, 1.54) is 12.1 Å². The molecule has 0 aliphatic carbocycles. The number of hydrogen-bond donors (Lipinski definition) is 5. The van der Waals surface area contributed by atoms with Gasteiger partial charge in [0.2, 0.25) is 5.91 Å². The summed E-state index contributed by atoms with van der Waals surface area (Å²) in [6.45, 7) is 1.49. The van der Waals surface area contributed by atoms with Gasteiger partial charge >= 0.3 is 0 Å². The van der Waals surface area contributed by atoms with Crippen LogP contribution in [-0.2, 0) is 11.2 Å². The SMILES string of the molecule is CCC(C(=O)NCC(O)CO)c1ccccc1Cc1ccc(O)cc1O. The van der Waals surface area contributed by atoms with Crippen LogP contribution in [0.2, 0.25) is 0 Å². The Hall–Kier alpha value is -2.57. The zero-order valence-electron chi connectivity index (χ0n) is 14.7. The van der Waals surface area contributed by atoms with Crippen LogP contribution < -0.4 is 5.32 Å². The topological polar surface area (TPSA) is 110 Å². The molecular weight excluding hydrogens is 334 g/mol. The first-order valence-corrected chi connectivity index (χ1v) is 8.61. The molecule has 2 aromatic carbocycles. The van der Waals surface area contributed by atoms with E-state index in [1.807, 2.05) is 31.2 Å². The minimum absolute atomic E-state index is 0.00312. The van der Waals surface area contributed by atoms with E-state index in [1.54, 1.807) is 6.07 Å². The van der Waals surface area contributed by atoms with E-state index in [4.69, 9.17) is 5.11 Å². The summed E-state index contributed by atoms with van der Waals surface area (Å²) in [5.74, 6) is -0.630. The highest BCUT2D eigenvalue weighted by Gasteiger charge is 2.22. The molecule has 6 heteroatoms. The van der Waals surface area contributed by atoms with E-state index in [9.17, 15) is 20.1 Å². The van der Waals surface area contributed by atoms with Gasteiger partial charge in [0.25, 0.3) is 0 Å². The third-order valence-corrected chi connectivity index (χ3v) is 4.33. The van der Waals surface area contributed by atoms with E-state index >= 15 is 0 Å². The summed E-state index contributed by atoms with van der Waals surface area (Å²) in [7, 11) is 0. The highest BCUT2D eigenvalue weighted by molar-refractivity contribution is 5.84. The van der Waals surface area contributed by atoms with Crippen LogP contribution in [-0.4, -0.2) is 45.6 Å². The van der Waals surface area contributed by atoms with E-state index in [2.05, 4.69) is 5.32 Å². The first-order chi connectivity index (χ1) is 12.5. The summed E-state index contributed by atoms with van der Waals surface area (Å²) < 4.78 is 0. The molecule has 0 bridgehead atoms. The Morgan fingerprint density at radius 3 is 2.50 bits per heavy atom. The minimum atomic E-state index is -0.986. The summed E-state index contributed by atoms with van der Waals surface area (Å²) in [6, 6.07) is 12.0. The highest BCUT2D eigenvalue weighted by Crippen LogP contribution is 2.29. The van der Waals surface area contributed by atoms with Gasteiger partial charge in [-0.3, -0.25) is 4.79 Å². The summed E-state index contributed by atoms with van der Waals surface area (Å²) in [5.41, 5.74) is 2.40. The van der Waals surface area contributed by atoms with Gasteiger partial charge in [0.15, 0.2) is 0 Å². The van der Waals surface area contributed by atoms with Crippen molar-refractivity contribution in [2.24, 2.45) is 0 Å². The van der Waals surface area contributed by atoms with Crippen molar-refractivity contribution in [2.75, 3.05) is 13.2 Å². The van der Waals surface area contributed by atoms with Gasteiger partial charge in [-0.1, -0.05) is 37.3 Å². The van der Waals surface area contributed by atoms with Gasteiger partial charge in [-0.25, -0.2) is 0 Å². The van der Waals surface area contributed by atoms with Gasteiger partial charge in [0.1, 0.15) is 11.5 Å². The summed E-state index contributed by atoms with van der Waals surface area (Å²) in [4.78, 5) is 12.5. The molecule has 1 amide bonds. The molecule has 2 unspecified atom stereocenters. The van der Waals surface area contributed by atoms with E-state index in [0.717, 1.165) is 11.1 Å². The van der Waals surface area contributed by atoms with Crippen LogP contribution in [0.25, 0.3) is 0 Å². The van der Waals surface area contributed by atoms with Crippen molar-refractivity contribution < 1.29 is 25.2 Å². The van der Waals surface area contributed by atoms with E-state index in [0.29, 0.717) is 18.4 Å². The average molecular weight is 359 g/mol. The number of benzene rings is 2. The molecule has 0 aliphatic rings. The number of aromatic hydroxyl groups is 2. The normalized spacial score (nSPS) is 13.2. The van der Waals surface area contributed by atoms with Crippen LogP contribution in [0, 0.1) is 0 Å². The Kier molecular flexibility index (Phi) is 7.00. The van der Waals surface area contributed by atoms with Gasteiger partial charge in [-0.2, -0.15) is 0 Å². The Balaban J connectivity index is 2.24. The summed E-state index contributed by atoms with van der Waals surface area (Å²) in [6.07, 6.45) is 0.00551. The summed E-state index contributed by atoms with van der Waals surface area (Å²) in [5, 5.41) is 40.4. The lowest BCUT2D eigenvalue weighted by atomic mass is 9.88. The number of rotatable bonds is 8. The lowest BCUT2D eigenvalue weighted by Crippen LogP contribution is -2.37. The Bertz CT molecular complexity index is 747. The average Bonchev–Trinajstić information content (AvgIpc) is 2.63. The Labute approximate surface area is 152 Å². The van der Waals surface area contributed by atoms with Crippen LogP contribution >= 0.6 is 0 Å². The smallest absolute Gasteiger partial charge is 0.227 e. The number of aliphatic hydroxyl groups excluding tert-OH is 2. The minimum Gasteiger partial charge on any atom is -0.508 e. The molecule has 0 saturated heterocycles. The fourth-order valence-electron chi connectivity index (χ4n) is 2.89. The van der Waals surface area contributed by atoms with E-state index in [-0.39, 0.29) is 24.0 Å². The number of phenolic OH excluding ortho intramolecular Hbond substituents is 2. The van der Waals surface area contributed by atoms with Crippen molar-refractivity contribution in [3.05, 3.63) is 59.2 Å². The molecule has 0 saturated carbocycles. The second kappa shape index (κ2) is 9.22. The Morgan fingerprint density at radius 1 is 1.12 bits per heavy atom. The fraction of sp³-hybridized carbons (Fsp3) is 0.350. The number of nitrogens with one attached hydrogen (secondary N) is 1. The van der Waals surface area contributed by atoms with Crippen molar-refractivity contribution in [2.45, 2.75) is 31.8 Å². The molecule has 0 radical (unpaired) electrons. The number of hydrogen-bond acceptors (Lipinski definition) is 5. The second-order valence-electron chi connectivity index (χ2n) is 6.23. The van der Waals surface area contributed by atoms with Crippen LogP contribution in [0.1, 0.15) is 36.0 Å². The maximum absolute atomic E-state index is 12.5. The molecule has 140 valence electrons. The van der Waals surface area contributed by atoms with Crippen LogP contribution in [0.4, 0.5) is 0 Å². The van der Waals surface area contributed by atoms with Crippen LogP contribution in [0.5, 0.6) is 11.5 Å². The number of phenols is 2. The van der Waals surface area contributed by atoms with Gasteiger partial charge in [0, 0.05) is 19.0 Å². The van der Waals surface area contributed by atoms with Gasteiger partial charge in [-0.05, 0) is 29.2 Å². The van der Waals surface area contributed by atoms with Crippen molar-refractivity contribution in [3.8, 4) is 11.5 Å². The molecule has 0 spiro atoms. The maximum atomic E-state index is 12.5. The molecule has 0 aromatic heterocycles. The molecule has 6 nitrogen and oxygen atoms in total. The number of carbonyl (C=O) groups is 1. The number of amides is 1. The molecule has 2 aromatic rings. The molecule has 2 atom stereocenters. The van der Waals surface area contributed by atoms with Crippen molar-refractivity contribution in [1.82, 2.24) is 5.32 Å². The molecule has 0 heterocycles. The largest absolute Gasteiger partial charge is 0.508 e. The van der Waals surface area contributed by atoms with Crippen molar-refractivity contribution in [1.29, 1.82) is 0 Å². The van der Waals surface area contributed by atoms with Crippen LogP contribution in [0.15, 0.2) is 42.5 Å². The van der Waals surface area contributed by atoms with Gasteiger partial charge in [0.05, 0.1) is 18.6 Å². The molecule has 0 aliphatic heterocycles. The predicted molar refractivity (Wildman–Crippen MR) is 98.2 cm³/mol. The third kappa shape index (κ3) is 4.97. The zero-order valence-corrected chi connectivity index (χ0v) is 14.7. The molecular formula is C20H25NO5. The molecule has 2 rings (SSSR count). The molecule has 5 N–H and O–H groups in total. The zero-order chi connectivity index (χ0) is 19.1. The van der Waals surface area contributed by atoms with Crippen molar-refractivity contribution >= 4 is 5.91 Å². The molecule has 26 heavy (non-hydrogen) atoms. The maximum Gasteiger partial charge on any atom is 0.227 e. The fourth-order valence-corrected chi connectivity index (χ4v) is 2.89. The van der Waals surface area contributed by atoms with Crippen LogP contribution in [0.3, 0.4) is 0 Å². The lowest BCUT2D eigenvalue weighted by Gasteiger charge is -2.20. The number of aliphatic hydroxyl groups is 2. The first kappa shape index (κ1) is 19.8. The number of carbonyl (C=O) groups excluding carboxylic acids is 1. The highest BCUT2D eigenvalue weighted by atomic mass is 16.3. The van der Waals surface area contributed by atoms with E-state index < -0.39 is 18.6 Å². The standard InChI is InChI=1S/C20H25NO5/c1-2-17(20(26)21-11-16(24)12-22)18-6-4-3-5-13(18)9-14-7-8-15(23)10-19(14)25/h3-8,10,16-17,22-25H,2,9,11-12H2,1H3,(H,21,26). The van der Waals surface area contributed by atoms with Gasteiger partial charge < -0.3 is 25.7 Å².